The largest absolute Gasteiger partial charge is 0.507 e. The SMILES string of the molecule is C=CC(=O)N1CCN(c2nc(NC3CCN(CC4CC4)CC3)nc3c(F)c(-c4c(O)cccc4F)c(Cl)cc23)CC1. The summed E-state index contributed by atoms with van der Waals surface area (Å²) in [6.45, 7) is 8.54. The number of phenols is 1. The number of carbonyl (C=O) groups is 1. The Hall–Kier alpha value is -3.50. The first-order chi connectivity index (χ1) is 19.8. The van der Waals surface area contributed by atoms with Crippen LogP contribution in [-0.4, -0.2) is 82.6 Å². The average Bonchev–Trinajstić information content (AvgIpc) is 3.79. The number of fused-ring (bicyclic) bond motifs is 1. The van der Waals surface area contributed by atoms with Gasteiger partial charge < -0.3 is 25.1 Å². The summed E-state index contributed by atoms with van der Waals surface area (Å²) in [7, 11) is 0. The van der Waals surface area contributed by atoms with Crippen LogP contribution in [0.15, 0.2) is 36.9 Å². The Labute approximate surface area is 242 Å². The molecule has 0 spiro atoms. The van der Waals surface area contributed by atoms with Gasteiger partial charge >= 0.3 is 0 Å². The maximum Gasteiger partial charge on any atom is 0.246 e. The number of carbonyl (C=O) groups excluding carboxylic acids is 1. The zero-order valence-corrected chi connectivity index (χ0v) is 23.5. The van der Waals surface area contributed by atoms with Crippen LogP contribution in [0, 0.1) is 17.6 Å². The topological polar surface area (TPSA) is 84.8 Å². The number of nitrogens with zero attached hydrogens (tertiary/aromatic N) is 5. The van der Waals surface area contributed by atoms with Crippen LogP contribution in [0.25, 0.3) is 22.0 Å². The molecule has 0 radical (unpaired) electrons. The second kappa shape index (κ2) is 11.4. The molecule has 1 amide bonds. The second-order valence-corrected chi connectivity index (χ2v) is 11.5. The Morgan fingerprint density at radius 1 is 1.07 bits per heavy atom. The zero-order chi connectivity index (χ0) is 28.7. The number of amides is 1. The van der Waals surface area contributed by atoms with Gasteiger partial charge in [-0.05, 0) is 55.9 Å². The highest BCUT2D eigenvalue weighted by molar-refractivity contribution is 6.34. The molecule has 3 heterocycles. The Bertz CT molecular complexity index is 1460. The molecule has 3 aromatic rings. The third-order valence-corrected chi connectivity index (χ3v) is 8.60. The molecule has 11 heteroatoms. The predicted molar refractivity (Wildman–Crippen MR) is 156 cm³/mol. The van der Waals surface area contributed by atoms with Crippen molar-refractivity contribution in [1.29, 1.82) is 0 Å². The molecule has 0 unspecified atom stereocenters. The van der Waals surface area contributed by atoms with Crippen LogP contribution in [0.3, 0.4) is 0 Å². The first kappa shape index (κ1) is 27.7. The van der Waals surface area contributed by atoms with E-state index in [-0.39, 0.29) is 39.6 Å². The molecule has 3 fully saturated rings. The molecule has 2 aliphatic heterocycles. The van der Waals surface area contributed by atoms with Crippen LogP contribution >= 0.6 is 11.6 Å². The van der Waals surface area contributed by atoms with Gasteiger partial charge in [0.2, 0.25) is 11.9 Å². The number of halogens is 3. The van der Waals surface area contributed by atoms with Gasteiger partial charge in [0, 0.05) is 62.8 Å². The molecule has 6 rings (SSSR count). The highest BCUT2D eigenvalue weighted by Gasteiger charge is 2.30. The standard InChI is InChI=1S/C30H33ClF2N6O2/c1-2-24(41)38-12-14-39(15-13-38)29-20-16-21(31)25(26-22(32)4-3-5-23(26)40)27(33)28(20)35-30(36-29)34-19-8-10-37(11-9-19)17-18-6-7-18/h2-5,16,18-19,40H,1,6-15,17H2,(H,34,35,36). The number of piperazine rings is 1. The summed E-state index contributed by atoms with van der Waals surface area (Å²) in [6.07, 6.45) is 5.78. The van der Waals surface area contributed by atoms with Gasteiger partial charge in [-0.3, -0.25) is 4.79 Å². The normalized spacial score (nSPS) is 18.6. The molecule has 2 aromatic carbocycles. The Morgan fingerprint density at radius 2 is 1.80 bits per heavy atom. The van der Waals surface area contributed by atoms with Gasteiger partial charge in [-0.1, -0.05) is 24.2 Å². The van der Waals surface area contributed by atoms with Crippen molar-refractivity contribution in [3.05, 3.63) is 53.6 Å². The second-order valence-electron chi connectivity index (χ2n) is 11.1. The maximum atomic E-state index is 16.3. The molecular weight excluding hydrogens is 550 g/mol. The van der Waals surface area contributed by atoms with Gasteiger partial charge in [0.25, 0.3) is 0 Å². The maximum absolute atomic E-state index is 16.3. The zero-order valence-electron chi connectivity index (χ0n) is 22.8. The molecule has 1 aliphatic carbocycles. The molecule has 2 N–H and O–H groups in total. The van der Waals surface area contributed by atoms with Gasteiger partial charge in [-0.2, -0.15) is 4.98 Å². The molecule has 1 saturated carbocycles. The molecule has 216 valence electrons. The summed E-state index contributed by atoms with van der Waals surface area (Å²) in [5.41, 5.74) is -0.582. The number of hydrogen-bond donors (Lipinski definition) is 2. The fourth-order valence-corrected chi connectivity index (χ4v) is 6.14. The number of phenolic OH excluding ortho intramolecular Hbond substituents is 1. The van der Waals surface area contributed by atoms with E-state index in [1.807, 2.05) is 4.90 Å². The van der Waals surface area contributed by atoms with Crippen molar-refractivity contribution in [2.75, 3.05) is 56.0 Å². The number of aromatic hydroxyl groups is 1. The van der Waals surface area contributed by atoms with Gasteiger partial charge in [0.1, 0.15) is 22.9 Å². The van der Waals surface area contributed by atoms with E-state index in [0.29, 0.717) is 37.4 Å². The van der Waals surface area contributed by atoms with Crippen molar-refractivity contribution >= 4 is 40.2 Å². The van der Waals surface area contributed by atoms with Crippen molar-refractivity contribution in [3.63, 3.8) is 0 Å². The molecule has 3 aliphatic rings. The lowest BCUT2D eigenvalue weighted by Gasteiger charge is -2.36. The number of hydrogen-bond acceptors (Lipinski definition) is 7. The number of rotatable bonds is 7. The van der Waals surface area contributed by atoms with E-state index in [2.05, 4.69) is 21.8 Å². The first-order valence-electron chi connectivity index (χ1n) is 14.1. The lowest BCUT2D eigenvalue weighted by molar-refractivity contribution is -0.126. The predicted octanol–water partition coefficient (Wildman–Crippen LogP) is 5.05. The monoisotopic (exact) mass is 582 g/mol. The van der Waals surface area contributed by atoms with Crippen LogP contribution in [0.5, 0.6) is 5.75 Å². The molecule has 8 nitrogen and oxygen atoms in total. The van der Waals surface area contributed by atoms with E-state index in [9.17, 15) is 14.3 Å². The van der Waals surface area contributed by atoms with Gasteiger partial charge in [-0.25, -0.2) is 13.8 Å². The van der Waals surface area contributed by atoms with Crippen LogP contribution in [0.1, 0.15) is 25.7 Å². The van der Waals surface area contributed by atoms with Crippen molar-refractivity contribution in [2.24, 2.45) is 5.92 Å². The van der Waals surface area contributed by atoms with E-state index < -0.39 is 17.4 Å². The Kier molecular flexibility index (Phi) is 7.70. The molecule has 2 saturated heterocycles. The molecule has 1 aromatic heterocycles. The smallest absolute Gasteiger partial charge is 0.246 e. The van der Waals surface area contributed by atoms with Gasteiger partial charge in [0.15, 0.2) is 5.82 Å². The summed E-state index contributed by atoms with van der Waals surface area (Å²) >= 11 is 6.55. The minimum atomic E-state index is -0.834. The Morgan fingerprint density at radius 3 is 2.46 bits per heavy atom. The van der Waals surface area contributed by atoms with Crippen molar-refractivity contribution in [3.8, 4) is 16.9 Å². The summed E-state index contributed by atoms with van der Waals surface area (Å²) in [4.78, 5) is 27.7. The van der Waals surface area contributed by atoms with E-state index in [1.165, 1.54) is 37.1 Å². The van der Waals surface area contributed by atoms with Gasteiger partial charge in [0.05, 0.1) is 10.6 Å². The summed E-state index contributed by atoms with van der Waals surface area (Å²) in [5, 5.41) is 14.1. The van der Waals surface area contributed by atoms with Crippen molar-refractivity contribution < 1.29 is 18.7 Å². The Balaban J connectivity index is 1.37. The van der Waals surface area contributed by atoms with Crippen molar-refractivity contribution in [1.82, 2.24) is 19.8 Å². The molecular formula is C30H33ClF2N6O2. The third kappa shape index (κ3) is 5.67. The van der Waals surface area contributed by atoms with Crippen LogP contribution < -0.4 is 10.2 Å². The number of aromatic nitrogens is 2. The van der Waals surface area contributed by atoms with E-state index in [4.69, 9.17) is 16.6 Å². The number of anilines is 2. The third-order valence-electron chi connectivity index (χ3n) is 8.30. The quantitative estimate of drug-likeness (QED) is 0.377. The fourth-order valence-electron chi connectivity index (χ4n) is 5.85. The molecule has 41 heavy (non-hydrogen) atoms. The lowest BCUT2D eigenvalue weighted by Crippen LogP contribution is -2.48. The minimum absolute atomic E-state index is 0.0182. The van der Waals surface area contributed by atoms with Crippen LogP contribution in [-0.2, 0) is 4.79 Å². The van der Waals surface area contributed by atoms with Crippen LogP contribution in [0.2, 0.25) is 5.02 Å². The summed E-state index contributed by atoms with van der Waals surface area (Å²) in [6, 6.07) is 5.43. The fraction of sp³-hybridized carbons (Fsp3) is 0.433. The average molecular weight is 583 g/mol. The number of piperidine rings is 1. The summed E-state index contributed by atoms with van der Waals surface area (Å²) in [5.74, 6) is -0.582. The minimum Gasteiger partial charge on any atom is -0.507 e. The molecule has 0 bridgehead atoms. The lowest BCUT2D eigenvalue weighted by atomic mass is 10.0. The first-order valence-corrected chi connectivity index (χ1v) is 14.5. The highest BCUT2D eigenvalue weighted by Crippen LogP contribution is 2.42. The number of likely N-dealkylation sites (tertiary alicyclic amines) is 1. The number of benzene rings is 2. The number of nitrogens with one attached hydrogen (secondary N) is 1. The van der Waals surface area contributed by atoms with E-state index in [0.717, 1.165) is 44.5 Å². The highest BCUT2D eigenvalue weighted by atomic mass is 35.5. The van der Waals surface area contributed by atoms with Crippen molar-refractivity contribution in [2.45, 2.75) is 31.7 Å². The van der Waals surface area contributed by atoms with E-state index in [1.54, 1.807) is 4.90 Å². The van der Waals surface area contributed by atoms with E-state index >= 15 is 4.39 Å². The van der Waals surface area contributed by atoms with Crippen LogP contribution in [0.4, 0.5) is 20.5 Å². The molecule has 0 atom stereocenters. The van der Waals surface area contributed by atoms with Gasteiger partial charge in [-0.15, -0.1) is 0 Å². The summed E-state index contributed by atoms with van der Waals surface area (Å²) < 4.78 is 31.1.